The molecule has 0 aliphatic heterocycles. The van der Waals surface area contributed by atoms with Crippen molar-refractivity contribution in [2.24, 2.45) is 0 Å². The summed E-state index contributed by atoms with van der Waals surface area (Å²) in [6.45, 7) is 12.8. The molecule has 0 aliphatic carbocycles. The second kappa shape index (κ2) is 5.13. The van der Waals surface area contributed by atoms with Gasteiger partial charge in [-0.3, -0.25) is 0 Å². The van der Waals surface area contributed by atoms with E-state index in [1.165, 1.54) is 5.56 Å². The van der Waals surface area contributed by atoms with Gasteiger partial charge in [-0.25, -0.2) is 4.68 Å². The summed E-state index contributed by atoms with van der Waals surface area (Å²) in [6, 6.07) is 6.51. The fraction of sp³-hybridized carbons (Fsp3) is 0.533. The van der Waals surface area contributed by atoms with Crippen molar-refractivity contribution in [3.8, 4) is 5.69 Å². The van der Waals surface area contributed by atoms with E-state index in [2.05, 4.69) is 70.2 Å². The zero-order valence-electron chi connectivity index (χ0n) is 13.0. The van der Waals surface area contributed by atoms with Crippen molar-refractivity contribution < 1.29 is 0 Å². The lowest BCUT2D eigenvalue weighted by Gasteiger charge is -2.23. The molecule has 0 unspecified atom stereocenters. The molecule has 0 saturated carbocycles. The van der Waals surface area contributed by atoms with Crippen LogP contribution in [0.15, 0.2) is 18.2 Å². The zero-order valence-corrected chi connectivity index (χ0v) is 13.8. The highest BCUT2D eigenvalue weighted by molar-refractivity contribution is 7.71. The summed E-state index contributed by atoms with van der Waals surface area (Å²) in [5, 5.41) is 8.45. The maximum atomic E-state index is 5.53. The Morgan fingerprint density at radius 3 is 2.30 bits per heavy atom. The number of tetrazole rings is 1. The van der Waals surface area contributed by atoms with Crippen LogP contribution < -0.4 is 0 Å². The third kappa shape index (κ3) is 2.54. The summed E-state index contributed by atoms with van der Waals surface area (Å²) in [7, 11) is 0. The number of benzene rings is 1. The second-order valence-electron chi connectivity index (χ2n) is 6.43. The van der Waals surface area contributed by atoms with Crippen molar-refractivity contribution in [2.45, 2.75) is 53.0 Å². The van der Waals surface area contributed by atoms with E-state index in [0.29, 0.717) is 4.77 Å². The number of nitrogens with zero attached hydrogens (tertiary/aromatic N) is 4. The highest BCUT2D eigenvalue weighted by atomic mass is 32.1. The first-order valence-corrected chi connectivity index (χ1v) is 7.29. The molecule has 0 atom stereocenters. The van der Waals surface area contributed by atoms with Crippen LogP contribution >= 0.6 is 12.2 Å². The topological polar surface area (TPSA) is 35.6 Å². The largest absolute Gasteiger partial charge is 0.220 e. The maximum absolute atomic E-state index is 5.53. The van der Waals surface area contributed by atoms with Crippen LogP contribution in [0.25, 0.3) is 5.69 Å². The fourth-order valence-electron chi connectivity index (χ4n) is 2.27. The van der Waals surface area contributed by atoms with Crippen molar-refractivity contribution in [2.75, 3.05) is 0 Å². The lowest BCUT2D eigenvalue weighted by molar-refractivity contribution is 0.508. The molecule has 0 amide bonds. The van der Waals surface area contributed by atoms with E-state index in [0.717, 1.165) is 11.3 Å². The first-order chi connectivity index (χ1) is 9.23. The van der Waals surface area contributed by atoms with Crippen LogP contribution in [0, 0.1) is 11.7 Å². The summed E-state index contributed by atoms with van der Waals surface area (Å²) in [4.78, 5) is 0. The van der Waals surface area contributed by atoms with Gasteiger partial charge in [0.2, 0.25) is 4.77 Å². The molecule has 0 bridgehead atoms. The SMILES string of the molecule is Cc1cccc(C(C)(C)C)c1-n1nnn(C(C)C)c1=S. The van der Waals surface area contributed by atoms with E-state index >= 15 is 0 Å². The molecule has 20 heavy (non-hydrogen) atoms. The van der Waals surface area contributed by atoms with E-state index in [-0.39, 0.29) is 11.5 Å². The number of hydrogen-bond donors (Lipinski definition) is 0. The van der Waals surface area contributed by atoms with Crippen LogP contribution in [0.4, 0.5) is 0 Å². The molecule has 1 aromatic carbocycles. The quantitative estimate of drug-likeness (QED) is 0.785. The third-order valence-corrected chi connectivity index (χ3v) is 3.71. The summed E-state index contributed by atoms with van der Waals surface area (Å²) in [5.41, 5.74) is 3.46. The predicted molar refractivity (Wildman–Crippen MR) is 84.0 cm³/mol. The lowest BCUT2D eigenvalue weighted by atomic mass is 9.84. The van der Waals surface area contributed by atoms with Crippen LogP contribution in [0.3, 0.4) is 0 Å². The van der Waals surface area contributed by atoms with Gasteiger partial charge in [0.15, 0.2) is 0 Å². The van der Waals surface area contributed by atoms with E-state index < -0.39 is 0 Å². The molecule has 108 valence electrons. The van der Waals surface area contributed by atoms with Gasteiger partial charge in [0.25, 0.3) is 0 Å². The van der Waals surface area contributed by atoms with Gasteiger partial charge in [-0.1, -0.05) is 39.0 Å². The number of rotatable bonds is 2. The molecule has 0 N–H and O–H groups in total. The van der Waals surface area contributed by atoms with Crippen LogP contribution in [0.2, 0.25) is 0 Å². The average molecular weight is 290 g/mol. The molecule has 2 rings (SSSR count). The zero-order chi connectivity index (χ0) is 15.1. The molecule has 0 aliphatic rings. The highest BCUT2D eigenvalue weighted by Gasteiger charge is 2.22. The minimum atomic E-state index is 0.0255. The minimum Gasteiger partial charge on any atom is -0.216 e. The molecular weight excluding hydrogens is 268 g/mol. The third-order valence-electron chi connectivity index (χ3n) is 3.35. The number of para-hydroxylation sites is 1. The Hall–Kier alpha value is -1.49. The minimum absolute atomic E-state index is 0.0255. The molecule has 5 heteroatoms. The average Bonchev–Trinajstić information content (AvgIpc) is 2.69. The van der Waals surface area contributed by atoms with Gasteiger partial charge in [-0.05, 0) is 60.0 Å². The van der Waals surface area contributed by atoms with Crippen molar-refractivity contribution in [3.05, 3.63) is 34.1 Å². The Morgan fingerprint density at radius 1 is 1.15 bits per heavy atom. The summed E-state index contributed by atoms with van der Waals surface area (Å²) < 4.78 is 4.19. The monoisotopic (exact) mass is 290 g/mol. The van der Waals surface area contributed by atoms with Crippen LogP contribution in [-0.2, 0) is 5.41 Å². The normalized spacial score (nSPS) is 12.2. The van der Waals surface area contributed by atoms with Crippen molar-refractivity contribution in [3.63, 3.8) is 0 Å². The Labute approximate surface area is 125 Å². The first-order valence-electron chi connectivity index (χ1n) is 6.88. The molecule has 0 radical (unpaired) electrons. The van der Waals surface area contributed by atoms with Crippen molar-refractivity contribution >= 4 is 12.2 Å². The summed E-state index contributed by atoms with van der Waals surface area (Å²) >= 11 is 5.53. The number of aryl methyl sites for hydroxylation is 1. The first kappa shape index (κ1) is 14.9. The highest BCUT2D eigenvalue weighted by Crippen LogP contribution is 2.30. The van der Waals surface area contributed by atoms with Crippen LogP contribution in [-0.4, -0.2) is 19.8 Å². The van der Waals surface area contributed by atoms with Gasteiger partial charge in [-0.15, -0.1) is 0 Å². The molecule has 2 aromatic rings. The van der Waals surface area contributed by atoms with Crippen LogP contribution in [0.5, 0.6) is 0 Å². The van der Waals surface area contributed by atoms with E-state index in [9.17, 15) is 0 Å². The van der Waals surface area contributed by atoms with Gasteiger partial charge in [0, 0.05) is 0 Å². The van der Waals surface area contributed by atoms with Gasteiger partial charge in [0.1, 0.15) is 0 Å². The summed E-state index contributed by atoms with van der Waals surface area (Å²) in [5.74, 6) is 0. The van der Waals surface area contributed by atoms with Gasteiger partial charge < -0.3 is 0 Å². The van der Waals surface area contributed by atoms with Gasteiger partial charge in [0.05, 0.1) is 11.7 Å². The molecule has 1 aromatic heterocycles. The van der Waals surface area contributed by atoms with E-state index in [1.54, 1.807) is 9.36 Å². The standard InChI is InChI=1S/C15H22N4S/c1-10(2)18-14(20)19(17-16-18)13-11(3)8-7-9-12(13)15(4,5)6/h7-10H,1-6H3. The molecular formula is C15H22N4S. The van der Waals surface area contributed by atoms with Gasteiger partial charge >= 0.3 is 0 Å². The molecule has 0 spiro atoms. The molecule has 0 fully saturated rings. The summed E-state index contributed by atoms with van der Waals surface area (Å²) in [6.07, 6.45) is 0. The Morgan fingerprint density at radius 2 is 1.80 bits per heavy atom. The van der Waals surface area contributed by atoms with Gasteiger partial charge in [-0.2, -0.15) is 4.68 Å². The van der Waals surface area contributed by atoms with Crippen molar-refractivity contribution in [1.82, 2.24) is 19.8 Å². The van der Waals surface area contributed by atoms with Crippen LogP contribution in [0.1, 0.15) is 51.8 Å². The Balaban J connectivity index is 2.74. The molecule has 0 saturated heterocycles. The Bertz CT molecular complexity index is 674. The predicted octanol–water partition coefficient (Wildman–Crippen LogP) is 3.99. The van der Waals surface area contributed by atoms with Crippen molar-refractivity contribution in [1.29, 1.82) is 0 Å². The number of hydrogen-bond acceptors (Lipinski definition) is 3. The van der Waals surface area contributed by atoms with E-state index in [1.807, 2.05) is 0 Å². The fourth-order valence-corrected chi connectivity index (χ4v) is 2.64. The van der Waals surface area contributed by atoms with E-state index in [4.69, 9.17) is 12.2 Å². The smallest absolute Gasteiger partial charge is 0.216 e. The number of aromatic nitrogens is 4. The Kier molecular flexibility index (Phi) is 3.82. The maximum Gasteiger partial charge on any atom is 0.220 e. The second-order valence-corrected chi connectivity index (χ2v) is 6.80. The molecule has 1 heterocycles. The lowest BCUT2D eigenvalue weighted by Crippen LogP contribution is -2.17. The molecule has 4 nitrogen and oxygen atoms in total.